The van der Waals surface area contributed by atoms with Crippen molar-refractivity contribution < 1.29 is 14.1 Å². The number of aryl methyl sites for hydroxylation is 1. The molecule has 1 aromatic carbocycles. The van der Waals surface area contributed by atoms with Gasteiger partial charge in [0, 0.05) is 12.5 Å². The Hall–Kier alpha value is -2.88. The zero-order valence-corrected chi connectivity index (χ0v) is 17.0. The SMILES string of the molecule is Cc1ncc([N+](=O)[O-])n1CC(=O)N/N=C/c1ccc(-c2cc(Cl)c(Cl)cc2Cl)o1. The predicted molar refractivity (Wildman–Crippen MR) is 109 cm³/mol. The average molecular weight is 457 g/mol. The second-order valence-electron chi connectivity index (χ2n) is 5.75. The largest absolute Gasteiger partial charge is 0.455 e. The zero-order valence-electron chi connectivity index (χ0n) is 14.7. The van der Waals surface area contributed by atoms with E-state index in [4.69, 9.17) is 39.2 Å². The number of carbonyl (C=O) groups excluding carboxylic acids is 1. The molecule has 0 atom stereocenters. The van der Waals surface area contributed by atoms with Gasteiger partial charge in [-0.3, -0.25) is 4.79 Å². The fraction of sp³-hybridized carbons (Fsp3) is 0.118. The average Bonchev–Trinajstić information content (AvgIpc) is 3.26. The van der Waals surface area contributed by atoms with Crippen LogP contribution in [-0.2, 0) is 11.3 Å². The topological polar surface area (TPSA) is 116 Å². The highest BCUT2D eigenvalue weighted by atomic mass is 35.5. The predicted octanol–water partition coefficient (Wildman–Crippen LogP) is 4.47. The van der Waals surface area contributed by atoms with Gasteiger partial charge in [-0.25, -0.2) is 15.0 Å². The van der Waals surface area contributed by atoms with E-state index in [1.165, 1.54) is 16.8 Å². The number of benzene rings is 1. The summed E-state index contributed by atoms with van der Waals surface area (Å²) in [5, 5.41) is 15.7. The molecule has 12 heteroatoms. The lowest BCUT2D eigenvalue weighted by Crippen LogP contribution is -2.24. The van der Waals surface area contributed by atoms with Gasteiger partial charge in [0.25, 0.3) is 5.91 Å². The van der Waals surface area contributed by atoms with E-state index < -0.39 is 10.8 Å². The van der Waals surface area contributed by atoms with E-state index in [-0.39, 0.29) is 12.4 Å². The Kier molecular flexibility index (Phi) is 6.21. The molecular weight excluding hydrogens is 445 g/mol. The van der Waals surface area contributed by atoms with Crippen molar-refractivity contribution in [1.29, 1.82) is 0 Å². The van der Waals surface area contributed by atoms with Crippen LogP contribution in [0, 0.1) is 17.0 Å². The number of aromatic nitrogens is 2. The third-order valence-corrected chi connectivity index (χ3v) is 4.84. The fourth-order valence-electron chi connectivity index (χ4n) is 2.42. The van der Waals surface area contributed by atoms with Crippen LogP contribution < -0.4 is 5.43 Å². The molecule has 0 aliphatic rings. The van der Waals surface area contributed by atoms with Crippen LogP contribution in [0.1, 0.15) is 11.6 Å². The van der Waals surface area contributed by atoms with E-state index in [0.717, 1.165) is 6.20 Å². The molecule has 3 aromatic rings. The van der Waals surface area contributed by atoms with Crippen molar-refractivity contribution >= 4 is 52.7 Å². The molecular formula is C17H12Cl3N5O4. The van der Waals surface area contributed by atoms with Gasteiger partial charge in [-0.15, -0.1) is 0 Å². The van der Waals surface area contributed by atoms with Crippen molar-refractivity contribution in [2.75, 3.05) is 0 Å². The summed E-state index contributed by atoms with van der Waals surface area (Å²) in [6.45, 7) is 1.25. The second-order valence-corrected chi connectivity index (χ2v) is 6.97. The molecule has 3 rings (SSSR count). The quantitative estimate of drug-likeness (QED) is 0.254. The Morgan fingerprint density at radius 1 is 1.31 bits per heavy atom. The number of hydrogen-bond acceptors (Lipinski definition) is 6. The molecule has 9 nitrogen and oxygen atoms in total. The third kappa shape index (κ3) is 4.76. The van der Waals surface area contributed by atoms with Gasteiger partial charge < -0.3 is 14.5 Å². The number of hydrogen-bond donors (Lipinski definition) is 1. The maximum absolute atomic E-state index is 12.0. The maximum atomic E-state index is 12.0. The van der Waals surface area contributed by atoms with Gasteiger partial charge in [0.05, 0.1) is 21.3 Å². The number of nitrogens with one attached hydrogen (secondary N) is 1. The lowest BCUT2D eigenvalue weighted by molar-refractivity contribution is -0.392. The highest BCUT2D eigenvalue weighted by molar-refractivity contribution is 6.44. The molecule has 0 saturated carbocycles. The van der Waals surface area contributed by atoms with E-state index in [2.05, 4.69) is 15.5 Å². The molecule has 0 unspecified atom stereocenters. The van der Waals surface area contributed by atoms with E-state index in [1.807, 2.05) is 0 Å². The Balaban J connectivity index is 1.66. The normalized spacial score (nSPS) is 11.2. The van der Waals surface area contributed by atoms with Gasteiger partial charge >= 0.3 is 5.82 Å². The first-order valence-electron chi connectivity index (χ1n) is 7.99. The van der Waals surface area contributed by atoms with E-state index in [9.17, 15) is 14.9 Å². The molecule has 2 aromatic heterocycles. The van der Waals surface area contributed by atoms with Crippen LogP contribution in [0.4, 0.5) is 5.82 Å². The van der Waals surface area contributed by atoms with Crippen LogP contribution in [0.2, 0.25) is 15.1 Å². The summed E-state index contributed by atoms with van der Waals surface area (Å²) < 4.78 is 6.78. The molecule has 0 bridgehead atoms. The minimum Gasteiger partial charge on any atom is -0.455 e. The van der Waals surface area contributed by atoms with Gasteiger partial charge in [-0.1, -0.05) is 34.8 Å². The van der Waals surface area contributed by atoms with Crippen molar-refractivity contribution in [3.8, 4) is 11.3 Å². The van der Waals surface area contributed by atoms with Crippen molar-refractivity contribution in [2.45, 2.75) is 13.5 Å². The molecule has 1 amide bonds. The zero-order chi connectivity index (χ0) is 21.1. The van der Waals surface area contributed by atoms with Crippen molar-refractivity contribution in [3.05, 3.63) is 67.2 Å². The maximum Gasteiger partial charge on any atom is 0.343 e. The molecule has 150 valence electrons. The summed E-state index contributed by atoms with van der Waals surface area (Å²) in [5.74, 6) is 0.267. The Labute approximate surface area is 179 Å². The number of halogens is 3. The minimum absolute atomic E-state index is 0.282. The summed E-state index contributed by atoms with van der Waals surface area (Å²) in [4.78, 5) is 26.2. The molecule has 1 N–H and O–H groups in total. The summed E-state index contributed by atoms with van der Waals surface area (Å²) in [7, 11) is 0. The van der Waals surface area contributed by atoms with Crippen molar-refractivity contribution in [1.82, 2.24) is 15.0 Å². The fourth-order valence-corrected chi connectivity index (χ4v) is 3.06. The van der Waals surface area contributed by atoms with Crippen LogP contribution in [0.3, 0.4) is 0 Å². The first kappa shape index (κ1) is 20.8. The van der Waals surface area contributed by atoms with Gasteiger partial charge in [0.2, 0.25) is 0 Å². The van der Waals surface area contributed by atoms with Gasteiger partial charge in [-0.05, 0) is 29.2 Å². The van der Waals surface area contributed by atoms with Crippen LogP contribution >= 0.6 is 34.8 Å². The van der Waals surface area contributed by atoms with Gasteiger partial charge in [0.15, 0.2) is 12.4 Å². The molecule has 0 fully saturated rings. The van der Waals surface area contributed by atoms with E-state index >= 15 is 0 Å². The van der Waals surface area contributed by atoms with Crippen LogP contribution in [-0.4, -0.2) is 26.6 Å². The first-order valence-corrected chi connectivity index (χ1v) is 9.13. The summed E-state index contributed by atoms with van der Waals surface area (Å²) in [6.07, 6.45) is 2.37. The number of hydrazone groups is 1. The first-order chi connectivity index (χ1) is 13.8. The molecule has 0 aliphatic heterocycles. The van der Waals surface area contributed by atoms with E-state index in [0.29, 0.717) is 38.0 Å². The number of rotatable bonds is 6. The van der Waals surface area contributed by atoms with Crippen molar-refractivity contribution in [2.24, 2.45) is 5.10 Å². The Morgan fingerprint density at radius 2 is 2.03 bits per heavy atom. The number of amides is 1. The lowest BCUT2D eigenvalue weighted by Gasteiger charge is -2.03. The van der Waals surface area contributed by atoms with Crippen molar-refractivity contribution in [3.63, 3.8) is 0 Å². The molecule has 0 aliphatic carbocycles. The second kappa shape index (κ2) is 8.64. The lowest BCUT2D eigenvalue weighted by atomic mass is 10.2. The third-order valence-electron chi connectivity index (χ3n) is 3.81. The molecule has 0 spiro atoms. The summed E-state index contributed by atoms with van der Waals surface area (Å²) >= 11 is 18.1. The number of carbonyl (C=O) groups is 1. The summed E-state index contributed by atoms with van der Waals surface area (Å²) in [6, 6.07) is 6.37. The van der Waals surface area contributed by atoms with Gasteiger partial charge in [-0.2, -0.15) is 5.10 Å². The molecule has 0 saturated heterocycles. The molecule has 0 radical (unpaired) electrons. The Bertz CT molecular complexity index is 1120. The standard InChI is InChI=1S/C17H12Cl3N5O4/c1-9-21-7-17(25(27)28)24(9)8-16(26)23-22-6-10-2-3-15(29-10)11-4-13(19)14(20)5-12(11)18/h2-7H,8H2,1H3,(H,23,26)/b22-6+. The molecule has 29 heavy (non-hydrogen) atoms. The monoisotopic (exact) mass is 455 g/mol. The van der Waals surface area contributed by atoms with Crippen LogP contribution in [0.25, 0.3) is 11.3 Å². The number of furan rings is 1. The van der Waals surface area contributed by atoms with Crippen LogP contribution in [0.5, 0.6) is 0 Å². The number of imidazole rings is 1. The smallest absolute Gasteiger partial charge is 0.343 e. The highest BCUT2D eigenvalue weighted by Crippen LogP contribution is 2.35. The van der Waals surface area contributed by atoms with Crippen LogP contribution in [0.15, 0.2) is 40.0 Å². The summed E-state index contributed by atoms with van der Waals surface area (Å²) in [5.41, 5.74) is 2.82. The minimum atomic E-state index is -0.616. The Morgan fingerprint density at radius 3 is 2.76 bits per heavy atom. The van der Waals surface area contributed by atoms with Gasteiger partial charge in [0.1, 0.15) is 17.7 Å². The number of nitro groups is 1. The number of nitrogens with zero attached hydrogens (tertiary/aromatic N) is 4. The molecule has 2 heterocycles. The van der Waals surface area contributed by atoms with E-state index in [1.54, 1.807) is 25.1 Å². The highest BCUT2D eigenvalue weighted by Gasteiger charge is 2.20.